The molecule has 0 saturated carbocycles. The summed E-state index contributed by atoms with van der Waals surface area (Å²) in [6, 6.07) is 41.5. The summed E-state index contributed by atoms with van der Waals surface area (Å²) in [5.74, 6) is 0.793. The summed E-state index contributed by atoms with van der Waals surface area (Å²) in [5, 5.41) is 11.3. The maximum Gasteiger partial charge on any atom is 0.266 e. The fraction of sp³-hybridized carbons (Fsp3) is 0.189. The van der Waals surface area contributed by atoms with Crippen molar-refractivity contribution in [2.45, 2.75) is 31.0 Å². The van der Waals surface area contributed by atoms with Gasteiger partial charge in [-0.2, -0.15) is 0 Å². The Morgan fingerprint density at radius 1 is 0.841 bits per heavy atom. The molecule has 0 unspecified atom stereocenters. The fourth-order valence-electron chi connectivity index (χ4n) is 5.59. The molecule has 3 N–H and O–H groups in total. The van der Waals surface area contributed by atoms with Gasteiger partial charge in [-0.05, 0) is 51.7 Å². The largest absolute Gasteiger partial charge is 0.494 e. The van der Waals surface area contributed by atoms with Crippen molar-refractivity contribution < 1.29 is 19.4 Å². The zero-order valence-corrected chi connectivity index (χ0v) is 24.4. The summed E-state index contributed by atoms with van der Waals surface area (Å²) in [6.07, 6.45) is 0.224. The Morgan fingerprint density at radius 2 is 1.55 bits per heavy atom. The molecule has 1 aliphatic heterocycles. The fourth-order valence-corrected chi connectivity index (χ4v) is 5.59. The number of amides is 1. The Labute approximate surface area is 257 Å². The van der Waals surface area contributed by atoms with Crippen LogP contribution in [0.3, 0.4) is 0 Å². The molecule has 7 heteroatoms. The van der Waals surface area contributed by atoms with Gasteiger partial charge in [0.15, 0.2) is 11.6 Å². The smallest absolute Gasteiger partial charge is 0.266 e. The van der Waals surface area contributed by atoms with Crippen LogP contribution in [0.25, 0.3) is 10.8 Å². The van der Waals surface area contributed by atoms with Crippen molar-refractivity contribution in [2.24, 2.45) is 4.99 Å². The van der Waals surface area contributed by atoms with Gasteiger partial charge in [-0.3, -0.25) is 10.2 Å². The number of ether oxygens (including phenoxy) is 2. The Balaban J connectivity index is 1.33. The standard InChI is InChI=1S/C37H35N3O4/c41-23-10-24-43-32-21-19-30(20-22-32)35-39-37(25-27-11-3-1-4-12-27,34(44-35)29-14-5-2-6-15-29)36(42)40-38-26-31-17-9-16-28-13-7-8-18-33(28)31/h1-9,11-22,34,38,41H,10,23-26H2,(H,40,42)/t34-,37-/m0/s1. The summed E-state index contributed by atoms with van der Waals surface area (Å²) < 4.78 is 12.3. The predicted octanol–water partition coefficient (Wildman–Crippen LogP) is 5.92. The number of hydrogen-bond donors (Lipinski definition) is 3. The number of aliphatic hydroxyl groups excluding tert-OH is 1. The molecule has 0 spiro atoms. The lowest BCUT2D eigenvalue weighted by atomic mass is 9.82. The first-order chi connectivity index (χ1) is 21.7. The highest BCUT2D eigenvalue weighted by Crippen LogP contribution is 2.42. The third-order valence-corrected chi connectivity index (χ3v) is 7.81. The van der Waals surface area contributed by atoms with Gasteiger partial charge in [-0.25, -0.2) is 10.4 Å². The molecule has 5 aromatic carbocycles. The first-order valence-electron chi connectivity index (χ1n) is 14.9. The summed E-state index contributed by atoms with van der Waals surface area (Å²) in [7, 11) is 0. The number of benzene rings is 5. The van der Waals surface area contributed by atoms with Crippen molar-refractivity contribution in [3.63, 3.8) is 0 Å². The number of carbonyl (C=O) groups is 1. The first-order valence-corrected chi connectivity index (χ1v) is 14.9. The number of nitrogens with one attached hydrogen (secondary N) is 2. The van der Waals surface area contributed by atoms with Crippen molar-refractivity contribution >= 4 is 22.6 Å². The van der Waals surface area contributed by atoms with Crippen LogP contribution in [-0.4, -0.2) is 35.7 Å². The summed E-state index contributed by atoms with van der Waals surface area (Å²) >= 11 is 0. The van der Waals surface area contributed by atoms with Crippen LogP contribution >= 0.6 is 0 Å². The van der Waals surface area contributed by atoms with Crippen molar-refractivity contribution in [1.82, 2.24) is 10.9 Å². The quantitative estimate of drug-likeness (QED) is 0.125. The Kier molecular flexibility index (Phi) is 8.96. The van der Waals surface area contributed by atoms with Gasteiger partial charge in [0.1, 0.15) is 5.75 Å². The van der Waals surface area contributed by atoms with Gasteiger partial charge in [0.25, 0.3) is 5.91 Å². The molecular formula is C37H35N3O4. The minimum Gasteiger partial charge on any atom is -0.494 e. The third kappa shape index (κ3) is 6.34. The van der Waals surface area contributed by atoms with E-state index in [2.05, 4.69) is 35.1 Å². The SMILES string of the molecule is O=C(NNCc1cccc2ccccc12)[C@@]1(Cc2ccccc2)N=C(c2ccc(OCCCO)cc2)O[C@H]1c1ccccc1. The number of aliphatic imine (C=N–C) groups is 1. The maximum atomic E-state index is 14.4. The molecule has 5 aromatic rings. The Hall–Kier alpha value is -4.98. The van der Waals surface area contributed by atoms with Crippen LogP contribution in [-0.2, 0) is 22.5 Å². The molecule has 0 radical (unpaired) electrons. The van der Waals surface area contributed by atoms with Crippen LogP contribution in [0, 0.1) is 0 Å². The summed E-state index contributed by atoms with van der Waals surface area (Å²) in [5.41, 5.74) is 8.53. The van der Waals surface area contributed by atoms with E-state index in [4.69, 9.17) is 19.6 Å². The minimum atomic E-state index is -1.29. The molecule has 0 bridgehead atoms. The number of nitrogens with zero attached hydrogens (tertiary/aromatic N) is 1. The number of hydrogen-bond acceptors (Lipinski definition) is 6. The van der Waals surface area contributed by atoms with E-state index in [1.807, 2.05) is 103 Å². The van der Waals surface area contributed by atoms with Crippen LogP contribution < -0.4 is 15.6 Å². The lowest BCUT2D eigenvalue weighted by Crippen LogP contribution is -2.53. The van der Waals surface area contributed by atoms with E-state index < -0.39 is 11.6 Å². The van der Waals surface area contributed by atoms with Crippen molar-refractivity contribution in [1.29, 1.82) is 0 Å². The first kappa shape index (κ1) is 29.1. The van der Waals surface area contributed by atoms with E-state index in [0.717, 1.165) is 33.0 Å². The lowest BCUT2D eigenvalue weighted by molar-refractivity contribution is -0.130. The second kappa shape index (κ2) is 13.5. The van der Waals surface area contributed by atoms with Gasteiger partial charge in [0.05, 0.1) is 6.61 Å². The number of rotatable bonds is 12. The maximum absolute atomic E-state index is 14.4. The van der Waals surface area contributed by atoms with E-state index in [9.17, 15) is 4.79 Å². The second-order valence-corrected chi connectivity index (χ2v) is 10.8. The lowest BCUT2D eigenvalue weighted by Gasteiger charge is -2.31. The average molecular weight is 586 g/mol. The minimum absolute atomic E-state index is 0.0754. The van der Waals surface area contributed by atoms with E-state index in [1.165, 1.54) is 0 Å². The van der Waals surface area contributed by atoms with E-state index in [1.54, 1.807) is 0 Å². The molecular weight excluding hydrogens is 550 g/mol. The summed E-state index contributed by atoms with van der Waals surface area (Å²) in [6.45, 7) is 0.946. The zero-order valence-electron chi connectivity index (χ0n) is 24.4. The number of hydrazine groups is 1. The molecule has 1 amide bonds. The van der Waals surface area contributed by atoms with Gasteiger partial charge >= 0.3 is 0 Å². The van der Waals surface area contributed by atoms with Crippen LogP contribution in [0.4, 0.5) is 0 Å². The van der Waals surface area contributed by atoms with Gasteiger partial charge in [-0.1, -0.05) is 103 Å². The van der Waals surface area contributed by atoms with Crippen LogP contribution in [0.5, 0.6) is 5.75 Å². The molecule has 0 saturated heterocycles. The van der Waals surface area contributed by atoms with Crippen molar-refractivity contribution in [3.05, 3.63) is 150 Å². The zero-order chi connectivity index (χ0) is 30.2. The normalized spacial score (nSPS) is 17.6. The molecule has 1 heterocycles. The van der Waals surface area contributed by atoms with Crippen LogP contribution in [0.15, 0.2) is 132 Å². The van der Waals surface area contributed by atoms with Crippen LogP contribution in [0.1, 0.15) is 34.8 Å². The van der Waals surface area contributed by atoms with Gasteiger partial charge in [0, 0.05) is 31.6 Å². The van der Waals surface area contributed by atoms with Crippen molar-refractivity contribution in [2.75, 3.05) is 13.2 Å². The Morgan fingerprint density at radius 3 is 2.32 bits per heavy atom. The van der Waals surface area contributed by atoms with E-state index in [0.29, 0.717) is 37.6 Å². The molecule has 0 fully saturated rings. The molecule has 7 nitrogen and oxygen atoms in total. The molecule has 6 rings (SSSR count). The second-order valence-electron chi connectivity index (χ2n) is 10.8. The molecule has 2 atom stereocenters. The highest BCUT2D eigenvalue weighted by Gasteiger charge is 2.53. The monoisotopic (exact) mass is 585 g/mol. The van der Waals surface area contributed by atoms with E-state index >= 15 is 0 Å². The van der Waals surface area contributed by atoms with E-state index in [-0.39, 0.29) is 12.5 Å². The average Bonchev–Trinajstić information content (AvgIpc) is 3.46. The third-order valence-electron chi connectivity index (χ3n) is 7.81. The van der Waals surface area contributed by atoms with Gasteiger partial charge in [-0.15, -0.1) is 0 Å². The molecule has 0 aromatic heterocycles. The summed E-state index contributed by atoms with van der Waals surface area (Å²) in [4.78, 5) is 19.5. The van der Waals surface area contributed by atoms with Gasteiger partial charge < -0.3 is 14.6 Å². The Bertz CT molecular complexity index is 1720. The van der Waals surface area contributed by atoms with Crippen LogP contribution in [0.2, 0.25) is 0 Å². The highest BCUT2D eigenvalue weighted by molar-refractivity contribution is 6.01. The molecule has 1 aliphatic rings. The highest BCUT2D eigenvalue weighted by atomic mass is 16.5. The van der Waals surface area contributed by atoms with Crippen molar-refractivity contribution in [3.8, 4) is 5.75 Å². The number of fused-ring (bicyclic) bond motifs is 1. The molecule has 222 valence electrons. The topological polar surface area (TPSA) is 92.2 Å². The number of aliphatic hydroxyl groups is 1. The number of carbonyl (C=O) groups excluding carboxylic acids is 1. The van der Waals surface area contributed by atoms with Gasteiger partial charge in [0.2, 0.25) is 5.90 Å². The molecule has 44 heavy (non-hydrogen) atoms. The molecule has 0 aliphatic carbocycles. The predicted molar refractivity (Wildman–Crippen MR) is 172 cm³/mol.